The standard InChI is InChI=1S/C13H27N2O4P.C3H6/c1-5-7-11(3)8-9-12(20(4,18)19)14-10-13(16)15(17)6-2;1-3-2/h5,7,11-12,14,17H,6,8-10H2,1-4H3,(H,18,19);3H,1H2,2H3/b7-5-;. The average Bonchev–Trinajstić information content (AvgIpc) is 2.45. The van der Waals surface area contributed by atoms with Gasteiger partial charge in [0.2, 0.25) is 7.37 Å². The van der Waals surface area contributed by atoms with Gasteiger partial charge < -0.3 is 4.89 Å². The van der Waals surface area contributed by atoms with Crippen molar-refractivity contribution in [3.8, 4) is 0 Å². The van der Waals surface area contributed by atoms with E-state index in [1.54, 1.807) is 13.0 Å². The Morgan fingerprint density at radius 3 is 2.30 bits per heavy atom. The Morgan fingerprint density at radius 2 is 1.91 bits per heavy atom. The molecule has 0 aromatic rings. The van der Waals surface area contributed by atoms with Gasteiger partial charge in [0.15, 0.2) is 0 Å². The van der Waals surface area contributed by atoms with Crippen LogP contribution in [0.2, 0.25) is 0 Å². The van der Waals surface area contributed by atoms with Crippen LogP contribution >= 0.6 is 7.37 Å². The summed E-state index contributed by atoms with van der Waals surface area (Å²) in [5, 5.41) is 12.6. The molecule has 0 aliphatic heterocycles. The number of nitrogens with zero attached hydrogens (tertiary/aromatic N) is 1. The zero-order chi connectivity index (χ0) is 18.5. The molecule has 136 valence electrons. The molecular weight excluding hydrogens is 315 g/mol. The van der Waals surface area contributed by atoms with Crippen LogP contribution < -0.4 is 5.32 Å². The average molecular weight is 348 g/mol. The summed E-state index contributed by atoms with van der Waals surface area (Å²) >= 11 is 0. The number of carbonyl (C=O) groups excluding carboxylic acids is 1. The van der Waals surface area contributed by atoms with E-state index in [0.717, 1.165) is 6.42 Å². The number of carbonyl (C=O) groups is 1. The number of hydrogen-bond acceptors (Lipinski definition) is 4. The van der Waals surface area contributed by atoms with E-state index in [-0.39, 0.29) is 13.1 Å². The molecule has 23 heavy (non-hydrogen) atoms. The highest BCUT2D eigenvalue weighted by Crippen LogP contribution is 2.42. The van der Waals surface area contributed by atoms with Gasteiger partial charge in [0.05, 0.1) is 12.3 Å². The molecule has 0 radical (unpaired) electrons. The highest BCUT2D eigenvalue weighted by Gasteiger charge is 2.26. The summed E-state index contributed by atoms with van der Waals surface area (Å²) in [5.74, 6) is -0.826. The Bertz CT molecular complexity index is 407. The molecule has 0 aliphatic carbocycles. The maximum Gasteiger partial charge on any atom is 0.259 e. The second-order valence-corrected chi connectivity index (χ2v) is 7.95. The molecule has 3 N–H and O–H groups in total. The van der Waals surface area contributed by atoms with Crippen molar-refractivity contribution in [1.29, 1.82) is 0 Å². The van der Waals surface area contributed by atoms with E-state index >= 15 is 0 Å². The van der Waals surface area contributed by atoms with Crippen LogP contribution in [0.4, 0.5) is 0 Å². The van der Waals surface area contributed by atoms with Crippen LogP contribution in [0.5, 0.6) is 0 Å². The van der Waals surface area contributed by atoms with Crippen molar-refractivity contribution in [2.45, 2.75) is 46.3 Å². The maximum absolute atomic E-state index is 11.8. The molecule has 0 fully saturated rings. The third-order valence-electron chi connectivity index (χ3n) is 3.07. The van der Waals surface area contributed by atoms with E-state index in [1.165, 1.54) is 6.66 Å². The first-order valence-electron chi connectivity index (χ1n) is 7.86. The lowest BCUT2D eigenvalue weighted by molar-refractivity contribution is -0.163. The van der Waals surface area contributed by atoms with Crippen molar-refractivity contribution in [3.05, 3.63) is 24.8 Å². The summed E-state index contributed by atoms with van der Waals surface area (Å²) in [6.45, 7) is 12.2. The molecule has 0 spiro atoms. The summed E-state index contributed by atoms with van der Waals surface area (Å²) in [6, 6.07) is 0. The van der Waals surface area contributed by atoms with Crippen LogP contribution in [0.25, 0.3) is 0 Å². The lowest BCUT2D eigenvalue weighted by Crippen LogP contribution is -2.40. The van der Waals surface area contributed by atoms with E-state index in [9.17, 15) is 19.5 Å². The number of nitrogens with one attached hydrogen (secondary N) is 1. The first-order valence-corrected chi connectivity index (χ1v) is 10.0. The molecule has 0 saturated heterocycles. The second-order valence-electron chi connectivity index (χ2n) is 5.44. The van der Waals surface area contributed by atoms with E-state index in [1.807, 2.05) is 32.9 Å². The molecular formula is C16H33N2O4P. The number of allylic oxidation sites excluding steroid dienone is 3. The minimum atomic E-state index is -3.33. The number of hydrogen-bond donors (Lipinski definition) is 3. The van der Waals surface area contributed by atoms with Gasteiger partial charge in [-0.05, 0) is 39.5 Å². The summed E-state index contributed by atoms with van der Waals surface area (Å²) in [4.78, 5) is 21.2. The molecule has 3 atom stereocenters. The van der Waals surface area contributed by atoms with Crippen LogP contribution in [0.3, 0.4) is 0 Å². The quantitative estimate of drug-likeness (QED) is 0.258. The Morgan fingerprint density at radius 1 is 1.39 bits per heavy atom. The first kappa shape index (κ1) is 24.3. The van der Waals surface area contributed by atoms with Crippen molar-refractivity contribution in [2.75, 3.05) is 19.8 Å². The fourth-order valence-corrected chi connectivity index (χ4v) is 2.89. The molecule has 3 unspecified atom stereocenters. The van der Waals surface area contributed by atoms with Gasteiger partial charge in [-0.3, -0.25) is 19.9 Å². The Labute approximate surface area is 140 Å². The molecule has 6 nitrogen and oxygen atoms in total. The van der Waals surface area contributed by atoms with E-state index in [2.05, 4.69) is 11.9 Å². The summed E-state index contributed by atoms with van der Waals surface area (Å²) in [6.07, 6.45) is 6.99. The van der Waals surface area contributed by atoms with Gasteiger partial charge in [-0.1, -0.05) is 25.2 Å². The van der Waals surface area contributed by atoms with E-state index < -0.39 is 19.1 Å². The minimum absolute atomic E-state index is 0.147. The molecule has 0 aromatic carbocycles. The van der Waals surface area contributed by atoms with Gasteiger partial charge in [0, 0.05) is 13.2 Å². The fraction of sp³-hybridized carbons (Fsp3) is 0.688. The molecule has 0 heterocycles. The topological polar surface area (TPSA) is 89.9 Å². The molecule has 0 aliphatic rings. The second kappa shape index (κ2) is 13.5. The maximum atomic E-state index is 11.8. The zero-order valence-corrected chi connectivity index (χ0v) is 15.9. The third-order valence-corrected chi connectivity index (χ3v) is 4.67. The zero-order valence-electron chi connectivity index (χ0n) is 15.0. The molecule has 1 amide bonds. The minimum Gasteiger partial charge on any atom is -0.343 e. The first-order chi connectivity index (χ1) is 10.6. The van der Waals surface area contributed by atoms with E-state index in [0.29, 0.717) is 17.4 Å². The normalized spacial score (nSPS) is 16.0. The summed E-state index contributed by atoms with van der Waals surface area (Å²) in [7, 11) is -3.33. The van der Waals surface area contributed by atoms with Gasteiger partial charge in [-0.25, -0.2) is 5.06 Å². The highest BCUT2D eigenvalue weighted by atomic mass is 31.2. The van der Waals surface area contributed by atoms with Gasteiger partial charge in [0.25, 0.3) is 5.91 Å². The number of amides is 1. The summed E-state index contributed by atoms with van der Waals surface area (Å²) in [5.41, 5.74) is 0. The Balaban J connectivity index is 0. The largest absolute Gasteiger partial charge is 0.343 e. The molecule has 0 rings (SSSR count). The van der Waals surface area contributed by atoms with Crippen LogP contribution in [-0.2, 0) is 9.36 Å². The van der Waals surface area contributed by atoms with Gasteiger partial charge in [0.1, 0.15) is 0 Å². The predicted molar refractivity (Wildman–Crippen MR) is 95.8 cm³/mol. The fourth-order valence-electron chi connectivity index (χ4n) is 1.83. The van der Waals surface area contributed by atoms with Crippen molar-refractivity contribution in [3.63, 3.8) is 0 Å². The van der Waals surface area contributed by atoms with Crippen LogP contribution in [0.15, 0.2) is 24.8 Å². The van der Waals surface area contributed by atoms with Crippen molar-refractivity contribution in [2.24, 2.45) is 5.92 Å². The van der Waals surface area contributed by atoms with Crippen LogP contribution in [0.1, 0.15) is 40.5 Å². The Kier molecular flexibility index (Phi) is 14.3. The predicted octanol–water partition coefficient (Wildman–Crippen LogP) is 3.22. The third kappa shape index (κ3) is 13.2. The molecule has 0 aromatic heterocycles. The van der Waals surface area contributed by atoms with Crippen molar-refractivity contribution < 1.29 is 19.5 Å². The SMILES string of the molecule is C/C=C\C(C)CCC(NCC(=O)N(O)CC)P(C)(=O)O.C=CC. The molecule has 0 bridgehead atoms. The van der Waals surface area contributed by atoms with Crippen LogP contribution in [0, 0.1) is 5.92 Å². The Hall–Kier alpha value is -0.940. The molecule has 0 saturated carbocycles. The number of hydroxylamine groups is 2. The van der Waals surface area contributed by atoms with Crippen LogP contribution in [-0.4, -0.2) is 46.6 Å². The lowest BCUT2D eigenvalue weighted by atomic mass is 10.1. The molecule has 7 heteroatoms. The highest BCUT2D eigenvalue weighted by molar-refractivity contribution is 7.57. The van der Waals surface area contributed by atoms with Crippen molar-refractivity contribution >= 4 is 13.3 Å². The number of likely N-dealkylation sites (N-methyl/N-ethyl adjacent to an activating group) is 1. The number of rotatable bonds is 9. The smallest absolute Gasteiger partial charge is 0.259 e. The van der Waals surface area contributed by atoms with E-state index in [4.69, 9.17) is 0 Å². The van der Waals surface area contributed by atoms with Gasteiger partial charge in [-0.2, -0.15) is 0 Å². The monoisotopic (exact) mass is 348 g/mol. The van der Waals surface area contributed by atoms with Crippen molar-refractivity contribution in [1.82, 2.24) is 10.4 Å². The van der Waals surface area contributed by atoms with Gasteiger partial charge >= 0.3 is 0 Å². The summed E-state index contributed by atoms with van der Waals surface area (Å²) < 4.78 is 11.8. The van der Waals surface area contributed by atoms with Gasteiger partial charge in [-0.15, -0.1) is 6.58 Å². The lowest BCUT2D eigenvalue weighted by Gasteiger charge is -2.23.